The lowest BCUT2D eigenvalue weighted by molar-refractivity contribution is 0.365. The molecule has 3 nitrogen and oxygen atoms in total. The second-order valence-electron chi connectivity index (χ2n) is 3.24. The Bertz CT molecular complexity index is 286. The van der Waals surface area contributed by atoms with Crippen molar-refractivity contribution in [2.75, 3.05) is 25.0 Å². The van der Waals surface area contributed by atoms with E-state index in [4.69, 9.17) is 11.6 Å². The molecule has 70 valence electrons. The summed E-state index contributed by atoms with van der Waals surface area (Å²) in [6.07, 6.45) is 1.74. The first-order chi connectivity index (χ1) is 6.36. The monoisotopic (exact) mass is 197 g/mol. The zero-order chi connectivity index (χ0) is 9.10. The fourth-order valence-electron chi connectivity index (χ4n) is 1.25. The first kappa shape index (κ1) is 8.78. The van der Waals surface area contributed by atoms with Crippen LogP contribution in [-0.4, -0.2) is 24.6 Å². The van der Waals surface area contributed by atoms with Crippen LogP contribution in [0.2, 0.25) is 5.02 Å². The van der Waals surface area contributed by atoms with Gasteiger partial charge in [0.1, 0.15) is 5.82 Å². The van der Waals surface area contributed by atoms with Crippen LogP contribution in [0.4, 0.5) is 5.82 Å². The Morgan fingerprint density at radius 3 is 3.08 bits per heavy atom. The van der Waals surface area contributed by atoms with Gasteiger partial charge in [-0.05, 0) is 12.1 Å². The molecule has 0 atom stereocenters. The summed E-state index contributed by atoms with van der Waals surface area (Å²) in [5.74, 6) is 1.51. The maximum Gasteiger partial charge on any atom is 0.144 e. The lowest BCUT2D eigenvalue weighted by atomic mass is 10.0. The minimum atomic E-state index is 0.690. The van der Waals surface area contributed by atoms with E-state index in [1.807, 2.05) is 12.1 Å². The molecule has 13 heavy (non-hydrogen) atoms. The molecule has 1 fully saturated rings. The highest BCUT2D eigenvalue weighted by Crippen LogP contribution is 2.17. The highest BCUT2D eigenvalue weighted by molar-refractivity contribution is 6.32. The van der Waals surface area contributed by atoms with E-state index in [2.05, 4.69) is 15.6 Å². The fraction of sp³-hybridized carbons (Fsp3) is 0.444. The molecule has 4 heteroatoms. The molecule has 0 saturated carbocycles. The van der Waals surface area contributed by atoms with Gasteiger partial charge in [0.25, 0.3) is 0 Å². The summed E-state index contributed by atoms with van der Waals surface area (Å²) in [4.78, 5) is 4.15. The van der Waals surface area contributed by atoms with Crippen molar-refractivity contribution in [1.82, 2.24) is 10.3 Å². The first-order valence-electron chi connectivity index (χ1n) is 4.41. The standard InChI is InChI=1S/C9H12ClN3/c10-8-2-1-3-12-9(8)13-6-7-4-11-5-7/h1-3,7,11H,4-6H2,(H,12,13). The topological polar surface area (TPSA) is 37.0 Å². The lowest BCUT2D eigenvalue weighted by Crippen LogP contribution is -2.45. The third-order valence-corrected chi connectivity index (χ3v) is 2.49. The van der Waals surface area contributed by atoms with Crippen LogP contribution < -0.4 is 10.6 Å². The fourth-order valence-corrected chi connectivity index (χ4v) is 1.44. The molecule has 1 aromatic heterocycles. The van der Waals surface area contributed by atoms with Crippen molar-refractivity contribution >= 4 is 17.4 Å². The predicted molar refractivity (Wildman–Crippen MR) is 54.1 cm³/mol. The molecular weight excluding hydrogens is 186 g/mol. The lowest BCUT2D eigenvalue weighted by Gasteiger charge is -2.27. The number of anilines is 1. The summed E-state index contributed by atoms with van der Waals surface area (Å²) in [6.45, 7) is 3.14. The number of nitrogens with zero attached hydrogens (tertiary/aromatic N) is 1. The summed E-state index contributed by atoms with van der Waals surface area (Å²) >= 11 is 5.93. The number of hydrogen-bond acceptors (Lipinski definition) is 3. The Balaban J connectivity index is 1.89. The molecule has 0 aliphatic carbocycles. The van der Waals surface area contributed by atoms with Crippen LogP contribution in [0.3, 0.4) is 0 Å². The van der Waals surface area contributed by atoms with E-state index in [9.17, 15) is 0 Å². The van der Waals surface area contributed by atoms with Gasteiger partial charge in [0.2, 0.25) is 0 Å². The molecule has 1 aliphatic heterocycles. The van der Waals surface area contributed by atoms with E-state index in [1.165, 1.54) is 0 Å². The van der Waals surface area contributed by atoms with Gasteiger partial charge in [-0.3, -0.25) is 0 Å². The third-order valence-electron chi connectivity index (χ3n) is 2.18. The second kappa shape index (κ2) is 3.94. The summed E-state index contributed by atoms with van der Waals surface area (Å²) in [6, 6.07) is 3.67. The molecule has 1 saturated heterocycles. The average molecular weight is 198 g/mol. The van der Waals surface area contributed by atoms with Gasteiger partial charge in [-0.1, -0.05) is 11.6 Å². The predicted octanol–water partition coefficient (Wildman–Crippen LogP) is 1.37. The highest BCUT2D eigenvalue weighted by atomic mass is 35.5. The molecule has 2 rings (SSSR count). The molecule has 0 bridgehead atoms. The molecule has 2 heterocycles. The molecule has 1 aromatic rings. The van der Waals surface area contributed by atoms with Gasteiger partial charge in [0, 0.05) is 31.7 Å². The van der Waals surface area contributed by atoms with E-state index in [-0.39, 0.29) is 0 Å². The van der Waals surface area contributed by atoms with E-state index < -0.39 is 0 Å². The Kier molecular flexibility index (Phi) is 2.66. The molecule has 2 N–H and O–H groups in total. The molecule has 0 aromatic carbocycles. The van der Waals surface area contributed by atoms with E-state index >= 15 is 0 Å². The summed E-state index contributed by atoms with van der Waals surface area (Å²) in [5.41, 5.74) is 0. The van der Waals surface area contributed by atoms with Gasteiger partial charge < -0.3 is 10.6 Å². The van der Waals surface area contributed by atoms with Crippen LogP contribution in [-0.2, 0) is 0 Å². The van der Waals surface area contributed by atoms with Gasteiger partial charge in [-0.15, -0.1) is 0 Å². The van der Waals surface area contributed by atoms with E-state index in [1.54, 1.807) is 6.20 Å². The summed E-state index contributed by atoms with van der Waals surface area (Å²) in [5, 5.41) is 7.14. The Morgan fingerprint density at radius 2 is 2.46 bits per heavy atom. The summed E-state index contributed by atoms with van der Waals surface area (Å²) in [7, 11) is 0. The molecule has 0 unspecified atom stereocenters. The largest absolute Gasteiger partial charge is 0.368 e. The first-order valence-corrected chi connectivity index (χ1v) is 4.79. The normalized spacial score (nSPS) is 16.7. The Hall–Kier alpha value is -0.800. The van der Waals surface area contributed by atoms with Crippen LogP contribution in [0.25, 0.3) is 0 Å². The maximum absolute atomic E-state index is 5.93. The van der Waals surface area contributed by atoms with Crippen molar-refractivity contribution in [3.63, 3.8) is 0 Å². The Labute approximate surface area is 82.5 Å². The van der Waals surface area contributed by atoms with Crippen LogP contribution in [0, 0.1) is 5.92 Å². The van der Waals surface area contributed by atoms with Crippen molar-refractivity contribution in [3.8, 4) is 0 Å². The maximum atomic E-state index is 5.93. The van der Waals surface area contributed by atoms with Crippen molar-refractivity contribution in [1.29, 1.82) is 0 Å². The zero-order valence-electron chi connectivity index (χ0n) is 7.26. The van der Waals surface area contributed by atoms with Gasteiger partial charge in [-0.25, -0.2) is 4.98 Å². The van der Waals surface area contributed by atoms with Crippen molar-refractivity contribution in [2.45, 2.75) is 0 Å². The van der Waals surface area contributed by atoms with Gasteiger partial charge >= 0.3 is 0 Å². The van der Waals surface area contributed by atoms with Gasteiger partial charge in [0.15, 0.2) is 0 Å². The molecule has 0 radical (unpaired) electrons. The number of rotatable bonds is 3. The second-order valence-corrected chi connectivity index (χ2v) is 3.65. The SMILES string of the molecule is Clc1cccnc1NCC1CNC1. The summed E-state index contributed by atoms with van der Waals surface area (Å²) < 4.78 is 0. The van der Waals surface area contributed by atoms with Crippen LogP contribution in [0.1, 0.15) is 0 Å². The number of halogens is 1. The number of nitrogens with one attached hydrogen (secondary N) is 2. The van der Waals surface area contributed by atoms with Crippen LogP contribution in [0.15, 0.2) is 18.3 Å². The third kappa shape index (κ3) is 2.11. The highest BCUT2D eigenvalue weighted by Gasteiger charge is 2.16. The van der Waals surface area contributed by atoms with Gasteiger partial charge in [0.05, 0.1) is 5.02 Å². The number of hydrogen-bond donors (Lipinski definition) is 2. The minimum Gasteiger partial charge on any atom is -0.368 e. The molecule has 0 spiro atoms. The van der Waals surface area contributed by atoms with E-state index in [0.29, 0.717) is 5.02 Å². The molecular formula is C9H12ClN3. The zero-order valence-corrected chi connectivity index (χ0v) is 8.01. The number of pyridine rings is 1. The minimum absolute atomic E-state index is 0.690. The Morgan fingerprint density at radius 1 is 1.62 bits per heavy atom. The van der Waals surface area contributed by atoms with Crippen LogP contribution >= 0.6 is 11.6 Å². The van der Waals surface area contributed by atoms with Gasteiger partial charge in [-0.2, -0.15) is 0 Å². The smallest absolute Gasteiger partial charge is 0.144 e. The average Bonchev–Trinajstić information content (AvgIpc) is 2.05. The van der Waals surface area contributed by atoms with Crippen molar-refractivity contribution < 1.29 is 0 Å². The van der Waals surface area contributed by atoms with Crippen molar-refractivity contribution in [3.05, 3.63) is 23.4 Å². The quantitative estimate of drug-likeness (QED) is 0.769. The molecule has 0 amide bonds. The number of aromatic nitrogens is 1. The van der Waals surface area contributed by atoms with Crippen LogP contribution in [0.5, 0.6) is 0 Å². The van der Waals surface area contributed by atoms with E-state index in [0.717, 1.165) is 31.4 Å². The molecule has 1 aliphatic rings. The van der Waals surface area contributed by atoms with Crippen molar-refractivity contribution in [2.24, 2.45) is 5.92 Å².